The Kier molecular flexibility index (Phi) is 5.72. The van der Waals surface area contributed by atoms with E-state index in [-0.39, 0.29) is 11.8 Å². The summed E-state index contributed by atoms with van der Waals surface area (Å²) in [6, 6.07) is 8.09. The van der Waals surface area contributed by atoms with Crippen molar-refractivity contribution in [1.29, 1.82) is 0 Å². The van der Waals surface area contributed by atoms with Crippen LogP contribution in [-0.2, 0) is 16.0 Å². The minimum atomic E-state index is 0.180. The third-order valence-electron chi connectivity index (χ3n) is 5.79. The molecule has 0 N–H and O–H groups in total. The molecule has 27 heavy (non-hydrogen) atoms. The van der Waals surface area contributed by atoms with Crippen LogP contribution in [0.15, 0.2) is 24.3 Å². The van der Waals surface area contributed by atoms with E-state index >= 15 is 0 Å². The van der Waals surface area contributed by atoms with E-state index in [0.717, 1.165) is 23.4 Å². The zero-order valence-electron chi connectivity index (χ0n) is 15.7. The van der Waals surface area contributed by atoms with Gasteiger partial charge in [-0.15, -0.1) is 11.3 Å². The topological polar surface area (TPSA) is 53.5 Å². The minimum Gasteiger partial charge on any atom is -0.339 e. The molecule has 0 radical (unpaired) electrons. The van der Waals surface area contributed by atoms with Crippen LogP contribution in [0.2, 0.25) is 0 Å². The average molecular weight is 386 g/mol. The van der Waals surface area contributed by atoms with Gasteiger partial charge in [0.15, 0.2) is 0 Å². The molecule has 1 aromatic carbocycles. The third kappa shape index (κ3) is 4.32. The lowest BCUT2D eigenvalue weighted by atomic mass is 9.88. The van der Waals surface area contributed by atoms with Gasteiger partial charge in [-0.3, -0.25) is 9.59 Å². The standard InChI is InChI=1S/C21H27N3O2S/c25-20(11-10-19-22-17-8-4-5-9-18(17)27-19)23-12-14-24(15-13-23)21(26)16-6-2-1-3-7-16/h4-5,8-9,16H,1-3,6-7,10-15H2. The summed E-state index contributed by atoms with van der Waals surface area (Å²) in [6.07, 6.45) is 6.90. The second-order valence-corrected chi connectivity index (χ2v) is 8.73. The Morgan fingerprint density at radius 1 is 1.00 bits per heavy atom. The molecule has 0 bridgehead atoms. The molecular formula is C21H27N3O2S. The molecule has 1 saturated heterocycles. The number of fused-ring (bicyclic) bond motifs is 1. The van der Waals surface area contributed by atoms with Crippen LogP contribution in [0.1, 0.15) is 43.5 Å². The van der Waals surface area contributed by atoms with Gasteiger partial charge in [0.25, 0.3) is 0 Å². The highest BCUT2D eigenvalue weighted by molar-refractivity contribution is 7.18. The number of hydrogen-bond acceptors (Lipinski definition) is 4. The predicted octanol–water partition coefficient (Wildman–Crippen LogP) is 3.48. The van der Waals surface area contributed by atoms with Crippen molar-refractivity contribution in [1.82, 2.24) is 14.8 Å². The second kappa shape index (κ2) is 8.38. The molecule has 1 aliphatic carbocycles. The third-order valence-corrected chi connectivity index (χ3v) is 6.89. The summed E-state index contributed by atoms with van der Waals surface area (Å²) in [6.45, 7) is 2.69. The number of carbonyl (C=O) groups excluding carboxylic acids is 2. The Balaban J connectivity index is 1.25. The van der Waals surface area contributed by atoms with Crippen molar-refractivity contribution in [2.24, 2.45) is 5.92 Å². The number of amides is 2. The van der Waals surface area contributed by atoms with Crippen LogP contribution < -0.4 is 0 Å². The normalized spacial score (nSPS) is 18.8. The Bertz CT molecular complexity index is 772. The first-order valence-corrected chi connectivity index (χ1v) is 10.9. The molecule has 6 heteroatoms. The van der Waals surface area contributed by atoms with E-state index < -0.39 is 0 Å². The molecule has 0 spiro atoms. The number of hydrogen-bond donors (Lipinski definition) is 0. The highest BCUT2D eigenvalue weighted by Crippen LogP contribution is 2.26. The summed E-state index contributed by atoms with van der Waals surface area (Å²) in [5, 5.41) is 1.02. The Hall–Kier alpha value is -1.95. The van der Waals surface area contributed by atoms with Crippen LogP contribution in [0.5, 0.6) is 0 Å². The minimum absolute atomic E-state index is 0.180. The maximum absolute atomic E-state index is 12.6. The van der Waals surface area contributed by atoms with Crippen molar-refractivity contribution in [2.75, 3.05) is 26.2 Å². The molecule has 0 atom stereocenters. The Morgan fingerprint density at radius 2 is 1.70 bits per heavy atom. The van der Waals surface area contributed by atoms with Gasteiger partial charge in [-0.05, 0) is 25.0 Å². The van der Waals surface area contributed by atoms with E-state index in [2.05, 4.69) is 11.1 Å². The quantitative estimate of drug-likeness (QED) is 0.810. The summed E-state index contributed by atoms with van der Waals surface area (Å²) in [5.74, 6) is 0.718. The van der Waals surface area contributed by atoms with Gasteiger partial charge in [-0.1, -0.05) is 31.4 Å². The molecule has 2 aromatic rings. The number of aromatic nitrogens is 1. The van der Waals surface area contributed by atoms with E-state index in [1.807, 2.05) is 28.0 Å². The number of rotatable bonds is 4. The zero-order valence-corrected chi connectivity index (χ0v) is 16.5. The summed E-state index contributed by atoms with van der Waals surface area (Å²) < 4.78 is 1.18. The van der Waals surface area contributed by atoms with E-state index in [0.29, 0.717) is 44.9 Å². The Labute approximate surface area is 164 Å². The lowest BCUT2D eigenvalue weighted by Crippen LogP contribution is -2.52. The molecule has 144 valence electrons. The molecule has 4 rings (SSSR count). The zero-order chi connectivity index (χ0) is 18.6. The first-order valence-electron chi connectivity index (χ1n) is 10.1. The number of thiazole rings is 1. The first kappa shape index (κ1) is 18.4. The molecular weight excluding hydrogens is 358 g/mol. The van der Waals surface area contributed by atoms with Crippen molar-refractivity contribution in [3.05, 3.63) is 29.3 Å². The number of carbonyl (C=O) groups is 2. The molecule has 0 unspecified atom stereocenters. The van der Waals surface area contributed by atoms with Crippen LogP contribution in [0.4, 0.5) is 0 Å². The first-order chi connectivity index (χ1) is 13.2. The summed E-state index contributed by atoms with van der Waals surface area (Å²) >= 11 is 1.67. The SMILES string of the molecule is O=C(CCc1nc2ccccc2s1)N1CCN(C(=O)C2CCCCC2)CC1. The molecule has 2 fully saturated rings. The lowest BCUT2D eigenvalue weighted by molar-refractivity contribution is -0.142. The molecule has 5 nitrogen and oxygen atoms in total. The predicted molar refractivity (Wildman–Crippen MR) is 108 cm³/mol. The molecule has 2 heterocycles. The average Bonchev–Trinajstić information content (AvgIpc) is 3.15. The van der Waals surface area contributed by atoms with Crippen molar-refractivity contribution < 1.29 is 9.59 Å². The fraction of sp³-hybridized carbons (Fsp3) is 0.571. The highest BCUT2D eigenvalue weighted by Gasteiger charge is 2.29. The van der Waals surface area contributed by atoms with Crippen LogP contribution in [-0.4, -0.2) is 52.8 Å². The maximum atomic E-state index is 12.6. The molecule has 2 aliphatic rings. The number of para-hydroxylation sites is 1. The molecule has 1 saturated carbocycles. The van der Waals surface area contributed by atoms with Crippen LogP contribution in [0, 0.1) is 5.92 Å². The molecule has 1 aromatic heterocycles. The van der Waals surface area contributed by atoms with Gasteiger partial charge in [-0.2, -0.15) is 0 Å². The Morgan fingerprint density at radius 3 is 2.44 bits per heavy atom. The number of aryl methyl sites for hydroxylation is 1. The molecule has 2 amide bonds. The van der Waals surface area contributed by atoms with Crippen LogP contribution >= 0.6 is 11.3 Å². The van der Waals surface area contributed by atoms with E-state index in [9.17, 15) is 9.59 Å². The van der Waals surface area contributed by atoms with Gasteiger partial charge < -0.3 is 9.80 Å². The summed E-state index contributed by atoms with van der Waals surface area (Å²) in [5.41, 5.74) is 1.01. The van der Waals surface area contributed by atoms with Crippen molar-refractivity contribution >= 4 is 33.4 Å². The van der Waals surface area contributed by atoms with E-state index in [1.54, 1.807) is 11.3 Å². The number of benzene rings is 1. The number of nitrogens with zero attached hydrogens (tertiary/aromatic N) is 3. The van der Waals surface area contributed by atoms with E-state index in [1.165, 1.54) is 24.0 Å². The van der Waals surface area contributed by atoms with Crippen LogP contribution in [0.3, 0.4) is 0 Å². The maximum Gasteiger partial charge on any atom is 0.225 e. The van der Waals surface area contributed by atoms with Gasteiger partial charge in [0.2, 0.25) is 11.8 Å². The van der Waals surface area contributed by atoms with Gasteiger partial charge in [0, 0.05) is 44.9 Å². The smallest absolute Gasteiger partial charge is 0.225 e. The largest absolute Gasteiger partial charge is 0.339 e. The number of piperazine rings is 1. The summed E-state index contributed by atoms with van der Waals surface area (Å²) in [7, 11) is 0. The van der Waals surface area contributed by atoms with E-state index in [4.69, 9.17) is 0 Å². The van der Waals surface area contributed by atoms with Gasteiger partial charge >= 0.3 is 0 Å². The van der Waals surface area contributed by atoms with Crippen LogP contribution in [0.25, 0.3) is 10.2 Å². The monoisotopic (exact) mass is 385 g/mol. The second-order valence-electron chi connectivity index (χ2n) is 7.62. The van der Waals surface area contributed by atoms with Gasteiger partial charge in [0.05, 0.1) is 15.2 Å². The lowest BCUT2D eigenvalue weighted by Gasteiger charge is -2.37. The molecule has 1 aliphatic heterocycles. The van der Waals surface area contributed by atoms with Gasteiger partial charge in [0.1, 0.15) is 0 Å². The van der Waals surface area contributed by atoms with Gasteiger partial charge in [-0.25, -0.2) is 4.98 Å². The highest BCUT2D eigenvalue weighted by atomic mass is 32.1. The van der Waals surface area contributed by atoms with Crippen molar-refractivity contribution in [2.45, 2.75) is 44.9 Å². The van der Waals surface area contributed by atoms with Crippen molar-refractivity contribution in [3.63, 3.8) is 0 Å². The fourth-order valence-electron chi connectivity index (χ4n) is 4.18. The fourth-order valence-corrected chi connectivity index (χ4v) is 5.15. The summed E-state index contributed by atoms with van der Waals surface area (Å²) in [4.78, 5) is 33.7. The van der Waals surface area contributed by atoms with Crippen molar-refractivity contribution in [3.8, 4) is 0 Å².